The summed E-state index contributed by atoms with van der Waals surface area (Å²) in [7, 11) is 0. The van der Waals surface area contributed by atoms with E-state index in [2.05, 4.69) is 56.8 Å². The van der Waals surface area contributed by atoms with Gasteiger partial charge >= 0.3 is 0 Å². The normalized spacial score (nSPS) is 17.9. The van der Waals surface area contributed by atoms with Crippen LogP contribution in [0.3, 0.4) is 0 Å². The molecule has 9 nitrogen and oxygen atoms in total. The molecular formula is C29H36N6O3. The van der Waals surface area contributed by atoms with Crippen molar-refractivity contribution in [3.05, 3.63) is 69.8 Å². The van der Waals surface area contributed by atoms with E-state index < -0.39 is 11.5 Å². The predicted octanol–water partition coefficient (Wildman–Crippen LogP) is 4.85. The van der Waals surface area contributed by atoms with Crippen molar-refractivity contribution in [2.45, 2.75) is 58.6 Å². The molecule has 2 aliphatic rings. The van der Waals surface area contributed by atoms with E-state index in [0.29, 0.717) is 41.4 Å². The maximum absolute atomic E-state index is 13.3. The van der Waals surface area contributed by atoms with E-state index in [1.54, 1.807) is 12.3 Å². The molecule has 0 saturated carbocycles. The highest BCUT2D eigenvalue weighted by Gasteiger charge is 2.24. The molecule has 0 aliphatic carbocycles. The molecule has 2 aromatic heterocycles. The van der Waals surface area contributed by atoms with Crippen LogP contribution >= 0.6 is 0 Å². The number of pyridine rings is 2. The van der Waals surface area contributed by atoms with Gasteiger partial charge < -0.3 is 30.6 Å². The fourth-order valence-electron chi connectivity index (χ4n) is 5.22. The summed E-state index contributed by atoms with van der Waals surface area (Å²) in [5.74, 6) is 0.592. The van der Waals surface area contributed by atoms with Crippen LogP contribution in [-0.2, 0) is 0 Å². The van der Waals surface area contributed by atoms with E-state index in [1.807, 2.05) is 26.0 Å². The predicted molar refractivity (Wildman–Crippen MR) is 151 cm³/mol. The number of nitrogens with one attached hydrogen (secondary N) is 4. The number of H-pyrrole nitrogens is 1. The Morgan fingerprint density at radius 3 is 2.58 bits per heavy atom. The van der Waals surface area contributed by atoms with E-state index in [-0.39, 0.29) is 11.7 Å². The molecule has 4 heterocycles. The Labute approximate surface area is 223 Å². The van der Waals surface area contributed by atoms with Crippen molar-refractivity contribution in [3.8, 4) is 5.88 Å². The number of carbonyl (C=O) groups is 1. The van der Waals surface area contributed by atoms with Crippen molar-refractivity contribution in [2.24, 2.45) is 0 Å². The van der Waals surface area contributed by atoms with Crippen LogP contribution in [0.25, 0.3) is 0 Å². The number of anilines is 4. The lowest BCUT2D eigenvalue weighted by atomic mass is 9.89. The molecule has 2 aliphatic heterocycles. The standard InChI is InChI=1S/C29H36N6O3/c1-17(2)35-13-10-21(11-14-35)20-5-7-22(8-6-20)33-28(37)25-23(9-12-30-27(25)36)34-24-16-32-29-26(19(24)4)31-15-18(3)38-29/h5-9,12,16-18,21,31H,10-11,13-15H2,1-4H3,(H,33,37)(H2,30,34,36). The minimum absolute atomic E-state index is 0.00702. The minimum Gasteiger partial charge on any atom is -0.471 e. The van der Waals surface area contributed by atoms with Gasteiger partial charge in [0, 0.05) is 23.5 Å². The number of piperidine rings is 1. The summed E-state index contributed by atoms with van der Waals surface area (Å²) < 4.78 is 5.80. The fraction of sp³-hybridized carbons (Fsp3) is 0.414. The average molecular weight is 517 g/mol. The van der Waals surface area contributed by atoms with Gasteiger partial charge in [-0.15, -0.1) is 0 Å². The maximum atomic E-state index is 13.3. The van der Waals surface area contributed by atoms with Crippen LogP contribution in [0, 0.1) is 6.92 Å². The number of carbonyl (C=O) groups excluding carboxylic acids is 1. The summed E-state index contributed by atoms with van der Waals surface area (Å²) in [4.78, 5) is 35.5. The zero-order valence-corrected chi connectivity index (χ0v) is 22.4. The number of rotatable bonds is 6. The van der Waals surface area contributed by atoms with Gasteiger partial charge in [0.25, 0.3) is 11.5 Å². The van der Waals surface area contributed by atoms with Gasteiger partial charge in [0.05, 0.1) is 24.1 Å². The summed E-state index contributed by atoms with van der Waals surface area (Å²) in [6.07, 6.45) is 5.47. The van der Waals surface area contributed by atoms with Crippen molar-refractivity contribution < 1.29 is 9.53 Å². The Hall–Kier alpha value is -3.85. The number of aromatic amines is 1. The lowest BCUT2D eigenvalue weighted by Gasteiger charge is -2.34. The number of hydrogen-bond acceptors (Lipinski definition) is 7. The second kappa shape index (κ2) is 10.9. The molecule has 9 heteroatoms. The first kappa shape index (κ1) is 25.8. The average Bonchev–Trinajstić information content (AvgIpc) is 2.91. The molecule has 200 valence electrons. The molecule has 3 aromatic rings. The molecule has 1 aromatic carbocycles. The zero-order valence-electron chi connectivity index (χ0n) is 22.4. The van der Waals surface area contributed by atoms with Gasteiger partial charge in [-0.3, -0.25) is 9.59 Å². The summed E-state index contributed by atoms with van der Waals surface area (Å²) in [6.45, 7) is 11.3. The van der Waals surface area contributed by atoms with Crippen molar-refractivity contribution >= 4 is 28.7 Å². The van der Waals surface area contributed by atoms with Crippen LogP contribution in [0.5, 0.6) is 5.88 Å². The third kappa shape index (κ3) is 5.38. The number of likely N-dealkylation sites (tertiary alicyclic amines) is 1. The largest absolute Gasteiger partial charge is 0.471 e. The molecule has 1 fully saturated rings. The first-order valence-electron chi connectivity index (χ1n) is 13.3. The molecule has 5 rings (SSSR count). The lowest BCUT2D eigenvalue weighted by Crippen LogP contribution is -2.37. The first-order chi connectivity index (χ1) is 18.3. The number of fused-ring (bicyclic) bond motifs is 1. The number of amides is 1. The number of ether oxygens (including phenoxy) is 1. The molecule has 4 N–H and O–H groups in total. The van der Waals surface area contributed by atoms with E-state index in [4.69, 9.17) is 4.74 Å². The molecular weight excluding hydrogens is 480 g/mol. The fourth-order valence-corrected chi connectivity index (χ4v) is 5.22. The second-order valence-electron chi connectivity index (χ2n) is 10.5. The second-order valence-corrected chi connectivity index (χ2v) is 10.5. The Kier molecular flexibility index (Phi) is 7.37. The van der Waals surface area contributed by atoms with Gasteiger partial charge in [-0.2, -0.15) is 0 Å². The van der Waals surface area contributed by atoms with Crippen molar-refractivity contribution in [1.82, 2.24) is 14.9 Å². The first-order valence-corrected chi connectivity index (χ1v) is 13.3. The van der Waals surface area contributed by atoms with Crippen LogP contribution in [0.4, 0.5) is 22.7 Å². The molecule has 1 unspecified atom stereocenters. The topological polar surface area (TPSA) is 111 Å². The van der Waals surface area contributed by atoms with Crippen molar-refractivity contribution in [1.29, 1.82) is 0 Å². The Balaban J connectivity index is 1.30. The summed E-state index contributed by atoms with van der Waals surface area (Å²) in [5.41, 5.74) is 4.25. The minimum atomic E-state index is -0.480. The van der Waals surface area contributed by atoms with Crippen LogP contribution in [-0.4, -0.2) is 52.6 Å². The summed E-state index contributed by atoms with van der Waals surface area (Å²) in [5, 5.41) is 9.47. The number of nitrogens with zero attached hydrogens (tertiary/aromatic N) is 2. The van der Waals surface area contributed by atoms with Gasteiger partial charge in [-0.25, -0.2) is 4.98 Å². The van der Waals surface area contributed by atoms with Gasteiger partial charge in [0.1, 0.15) is 17.4 Å². The van der Waals surface area contributed by atoms with Gasteiger partial charge in [0.2, 0.25) is 5.88 Å². The van der Waals surface area contributed by atoms with Crippen LogP contribution in [0.15, 0.2) is 47.5 Å². The van der Waals surface area contributed by atoms with Crippen molar-refractivity contribution in [3.63, 3.8) is 0 Å². The Morgan fingerprint density at radius 2 is 1.87 bits per heavy atom. The van der Waals surface area contributed by atoms with Gasteiger partial charge in [0.15, 0.2) is 0 Å². The molecule has 1 saturated heterocycles. The molecule has 0 spiro atoms. The maximum Gasteiger partial charge on any atom is 0.263 e. The highest BCUT2D eigenvalue weighted by Crippen LogP contribution is 2.35. The highest BCUT2D eigenvalue weighted by atomic mass is 16.5. The molecule has 1 amide bonds. The van der Waals surface area contributed by atoms with E-state index >= 15 is 0 Å². The number of aromatic nitrogens is 2. The molecule has 1 atom stereocenters. The van der Waals surface area contributed by atoms with E-state index in [0.717, 1.165) is 37.2 Å². The van der Waals surface area contributed by atoms with Crippen molar-refractivity contribution in [2.75, 3.05) is 35.6 Å². The van der Waals surface area contributed by atoms with E-state index in [9.17, 15) is 9.59 Å². The third-order valence-corrected chi connectivity index (χ3v) is 7.54. The molecule has 0 bridgehead atoms. The molecule has 38 heavy (non-hydrogen) atoms. The third-order valence-electron chi connectivity index (χ3n) is 7.54. The Bertz CT molecular complexity index is 1360. The zero-order chi connectivity index (χ0) is 26.8. The smallest absolute Gasteiger partial charge is 0.263 e. The van der Waals surface area contributed by atoms with Gasteiger partial charge in [-0.05, 0) is 83.3 Å². The SMILES string of the molecule is Cc1c(Nc2cc[nH]c(=O)c2C(=O)Nc2ccc(C3CCN(C(C)C)CC3)cc2)cnc2c1NCC(C)O2. The Morgan fingerprint density at radius 1 is 1.13 bits per heavy atom. The number of hydrogen-bond donors (Lipinski definition) is 4. The van der Waals surface area contributed by atoms with Crippen LogP contribution in [0.1, 0.15) is 61.0 Å². The highest BCUT2D eigenvalue weighted by molar-refractivity contribution is 6.08. The molecule has 0 radical (unpaired) electrons. The van der Waals surface area contributed by atoms with E-state index in [1.165, 1.54) is 11.8 Å². The van der Waals surface area contributed by atoms with Crippen LogP contribution < -0.4 is 26.2 Å². The lowest BCUT2D eigenvalue weighted by molar-refractivity contribution is 0.102. The van der Waals surface area contributed by atoms with Gasteiger partial charge in [-0.1, -0.05) is 12.1 Å². The quantitative estimate of drug-likeness (QED) is 0.370. The summed E-state index contributed by atoms with van der Waals surface area (Å²) in [6, 6.07) is 10.2. The van der Waals surface area contributed by atoms with Crippen LogP contribution in [0.2, 0.25) is 0 Å². The summed E-state index contributed by atoms with van der Waals surface area (Å²) >= 11 is 0. The monoisotopic (exact) mass is 516 g/mol. The number of benzene rings is 1.